The molecule has 1 heteroatoms. The van der Waals surface area contributed by atoms with Crippen LogP contribution in [0.15, 0.2) is 24.3 Å². The van der Waals surface area contributed by atoms with Gasteiger partial charge in [0.05, 0.1) is 6.54 Å². The average molecular weight is 209 g/mol. The molecule has 0 unspecified atom stereocenters. The lowest BCUT2D eigenvalue weighted by Gasteiger charge is -2.18. The lowest BCUT2D eigenvalue weighted by Crippen LogP contribution is -2.23. The summed E-state index contributed by atoms with van der Waals surface area (Å²) in [5, 5.41) is 0. The quantitative estimate of drug-likeness (QED) is 0.675. The fraction of sp³-hybridized carbons (Fsp3) is 0.333. The lowest BCUT2D eigenvalue weighted by atomic mass is 10.1. The summed E-state index contributed by atoms with van der Waals surface area (Å²) in [7, 11) is 0. The van der Waals surface area contributed by atoms with Gasteiger partial charge < -0.3 is 0 Å². The van der Waals surface area contributed by atoms with Gasteiger partial charge in [-0.1, -0.05) is 24.0 Å². The first-order chi connectivity index (χ1) is 7.88. The molecule has 0 amide bonds. The molecule has 1 aromatic rings. The van der Waals surface area contributed by atoms with Gasteiger partial charge in [-0.05, 0) is 24.1 Å². The maximum atomic E-state index is 5.33. The van der Waals surface area contributed by atoms with Gasteiger partial charge in [0.15, 0.2) is 0 Å². The molecular weight excluding hydrogens is 194 g/mol. The SMILES string of the molecule is C#Cc1ccc(CN2CC#CCCC2)cc1. The minimum Gasteiger partial charge on any atom is -0.288 e. The van der Waals surface area contributed by atoms with E-state index < -0.39 is 0 Å². The summed E-state index contributed by atoms with van der Waals surface area (Å²) in [6, 6.07) is 8.21. The molecule has 1 nitrogen and oxygen atoms in total. The third kappa shape index (κ3) is 2.89. The van der Waals surface area contributed by atoms with Crippen molar-refractivity contribution >= 4 is 0 Å². The first-order valence-electron chi connectivity index (χ1n) is 5.62. The van der Waals surface area contributed by atoms with Crippen molar-refractivity contribution in [3.8, 4) is 24.2 Å². The highest BCUT2D eigenvalue weighted by Crippen LogP contribution is 2.08. The zero-order chi connectivity index (χ0) is 11.2. The molecule has 1 heterocycles. The minimum atomic E-state index is 0.886. The van der Waals surface area contributed by atoms with Crippen LogP contribution in [-0.4, -0.2) is 18.0 Å². The van der Waals surface area contributed by atoms with E-state index in [9.17, 15) is 0 Å². The van der Waals surface area contributed by atoms with Crippen LogP contribution in [0.25, 0.3) is 0 Å². The molecule has 1 aliphatic rings. The fourth-order valence-corrected chi connectivity index (χ4v) is 1.83. The minimum absolute atomic E-state index is 0.886. The lowest BCUT2D eigenvalue weighted by molar-refractivity contribution is 0.300. The van der Waals surface area contributed by atoms with Crippen LogP contribution in [0.5, 0.6) is 0 Å². The van der Waals surface area contributed by atoms with E-state index in [0.717, 1.165) is 31.6 Å². The van der Waals surface area contributed by atoms with Crippen molar-refractivity contribution in [2.24, 2.45) is 0 Å². The van der Waals surface area contributed by atoms with E-state index in [2.05, 4.69) is 34.8 Å². The van der Waals surface area contributed by atoms with Gasteiger partial charge in [0.25, 0.3) is 0 Å². The van der Waals surface area contributed by atoms with Crippen LogP contribution in [0, 0.1) is 24.2 Å². The van der Waals surface area contributed by atoms with E-state index in [4.69, 9.17) is 6.42 Å². The van der Waals surface area contributed by atoms with E-state index in [1.54, 1.807) is 0 Å². The van der Waals surface area contributed by atoms with E-state index in [0.29, 0.717) is 0 Å². The Labute approximate surface area is 97.5 Å². The van der Waals surface area contributed by atoms with Crippen LogP contribution >= 0.6 is 0 Å². The van der Waals surface area contributed by atoms with Crippen molar-refractivity contribution in [3.63, 3.8) is 0 Å². The van der Waals surface area contributed by atoms with E-state index >= 15 is 0 Å². The predicted molar refractivity (Wildman–Crippen MR) is 66.7 cm³/mol. The van der Waals surface area contributed by atoms with Gasteiger partial charge in [0.1, 0.15) is 0 Å². The van der Waals surface area contributed by atoms with Crippen LogP contribution in [0.4, 0.5) is 0 Å². The molecule has 0 spiro atoms. The molecule has 0 aromatic heterocycles. The van der Waals surface area contributed by atoms with Crippen LogP contribution < -0.4 is 0 Å². The van der Waals surface area contributed by atoms with Gasteiger partial charge in [-0.3, -0.25) is 4.90 Å². The highest BCUT2D eigenvalue weighted by molar-refractivity contribution is 5.34. The van der Waals surface area contributed by atoms with Gasteiger partial charge in [-0.2, -0.15) is 0 Å². The number of hydrogen-bond donors (Lipinski definition) is 0. The first-order valence-corrected chi connectivity index (χ1v) is 5.62. The average Bonchev–Trinajstić information content (AvgIpc) is 2.59. The number of benzene rings is 1. The molecule has 0 radical (unpaired) electrons. The summed E-state index contributed by atoms with van der Waals surface area (Å²) in [6.45, 7) is 2.98. The van der Waals surface area contributed by atoms with Crippen LogP contribution in [0.2, 0.25) is 0 Å². The number of hydrogen-bond acceptors (Lipinski definition) is 1. The Morgan fingerprint density at radius 2 is 2.06 bits per heavy atom. The maximum absolute atomic E-state index is 5.33. The zero-order valence-corrected chi connectivity index (χ0v) is 9.37. The molecule has 2 rings (SSSR count). The number of rotatable bonds is 2. The van der Waals surface area contributed by atoms with Crippen molar-refractivity contribution in [1.82, 2.24) is 4.90 Å². The van der Waals surface area contributed by atoms with Crippen LogP contribution in [-0.2, 0) is 6.54 Å². The van der Waals surface area contributed by atoms with Crippen molar-refractivity contribution in [1.29, 1.82) is 0 Å². The van der Waals surface area contributed by atoms with E-state index in [-0.39, 0.29) is 0 Å². The molecule has 0 atom stereocenters. The molecule has 0 aliphatic carbocycles. The summed E-state index contributed by atoms with van der Waals surface area (Å²) in [6.07, 6.45) is 7.54. The molecule has 16 heavy (non-hydrogen) atoms. The maximum Gasteiger partial charge on any atom is 0.0604 e. The smallest absolute Gasteiger partial charge is 0.0604 e. The highest BCUT2D eigenvalue weighted by atomic mass is 15.1. The van der Waals surface area contributed by atoms with E-state index in [1.165, 1.54) is 12.0 Å². The zero-order valence-electron chi connectivity index (χ0n) is 9.37. The fourth-order valence-electron chi connectivity index (χ4n) is 1.83. The van der Waals surface area contributed by atoms with Crippen molar-refractivity contribution in [2.45, 2.75) is 19.4 Å². The Balaban J connectivity index is 1.98. The van der Waals surface area contributed by atoms with E-state index in [1.807, 2.05) is 12.1 Å². The molecule has 1 aromatic carbocycles. The second-order valence-electron chi connectivity index (χ2n) is 4.01. The topological polar surface area (TPSA) is 3.24 Å². The standard InChI is InChI=1S/C15H15N/c1-2-14-7-9-15(10-8-14)13-16-11-5-3-4-6-12-16/h1,7-10H,3,5,11-13H2. The van der Waals surface area contributed by atoms with Gasteiger partial charge in [0.2, 0.25) is 0 Å². The van der Waals surface area contributed by atoms with Crippen molar-refractivity contribution in [2.75, 3.05) is 13.1 Å². The Hall–Kier alpha value is -1.70. The molecule has 0 bridgehead atoms. The molecule has 0 fully saturated rings. The Bertz CT molecular complexity index is 439. The Kier molecular flexibility index (Phi) is 3.65. The monoisotopic (exact) mass is 209 g/mol. The molecule has 0 N–H and O–H groups in total. The molecular formula is C15H15N. The summed E-state index contributed by atoms with van der Waals surface area (Å²) in [4.78, 5) is 2.38. The van der Waals surface area contributed by atoms with Crippen molar-refractivity contribution < 1.29 is 0 Å². The summed E-state index contributed by atoms with van der Waals surface area (Å²) in [5.74, 6) is 8.98. The molecule has 0 saturated carbocycles. The highest BCUT2D eigenvalue weighted by Gasteiger charge is 2.05. The normalized spacial score (nSPS) is 15.7. The molecule has 1 aliphatic heterocycles. The van der Waals surface area contributed by atoms with Crippen LogP contribution in [0.1, 0.15) is 24.0 Å². The van der Waals surface area contributed by atoms with Gasteiger partial charge in [0, 0.05) is 25.1 Å². The Morgan fingerprint density at radius 1 is 1.25 bits per heavy atom. The Morgan fingerprint density at radius 3 is 2.81 bits per heavy atom. The summed E-state index contributed by atoms with van der Waals surface area (Å²) >= 11 is 0. The first kappa shape index (κ1) is 10.8. The number of nitrogens with zero attached hydrogens (tertiary/aromatic N) is 1. The molecule has 80 valence electrons. The number of terminal acetylenes is 1. The summed E-state index contributed by atoms with van der Waals surface area (Å²) < 4.78 is 0. The van der Waals surface area contributed by atoms with Crippen molar-refractivity contribution in [3.05, 3.63) is 35.4 Å². The van der Waals surface area contributed by atoms with Crippen LogP contribution in [0.3, 0.4) is 0 Å². The molecule has 0 saturated heterocycles. The third-order valence-corrected chi connectivity index (χ3v) is 2.73. The van der Waals surface area contributed by atoms with Gasteiger partial charge in [-0.25, -0.2) is 0 Å². The second-order valence-corrected chi connectivity index (χ2v) is 4.01. The second kappa shape index (κ2) is 5.40. The largest absolute Gasteiger partial charge is 0.288 e. The third-order valence-electron chi connectivity index (χ3n) is 2.73. The predicted octanol–water partition coefficient (Wildman–Crippen LogP) is 2.27. The van der Waals surface area contributed by atoms with Gasteiger partial charge >= 0.3 is 0 Å². The van der Waals surface area contributed by atoms with Gasteiger partial charge in [-0.15, -0.1) is 12.3 Å². The summed E-state index contributed by atoms with van der Waals surface area (Å²) in [5.41, 5.74) is 2.25.